The summed E-state index contributed by atoms with van der Waals surface area (Å²) in [6, 6.07) is 12.8. The van der Waals surface area contributed by atoms with E-state index < -0.39 is 21.2 Å². The predicted octanol–water partition coefficient (Wildman–Crippen LogP) is 4.42. The van der Waals surface area contributed by atoms with Crippen molar-refractivity contribution in [3.8, 4) is 0 Å². The summed E-state index contributed by atoms with van der Waals surface area (Å²) in [4.78, 5) is 21.8. The minimum Gasteiger partial charge on any atom is -0.350 e. The van der Waals surface area contributed by atoms with Crippen LogP contribution in [-0.2, 0) is 9.47 Å². The summed E-state index contributed by atoms with van der Waals surface area (Å²) in [5.74, 6) is -0.885. The van der Waals surface area contributed by atoms with Gasteiger partial charge in [0, 0.05) is 25.5 Å². The molecule has 0 bridgehead atoms. The molecule has 1 fully saturated rings. The van der Waals surface area contributed by atoms with Gasteiger partial charge in [0.1, 0.15) is 5.69 Å². The molecule has 0 unspecified atom stereocenters. The van der Waals surface area contributed by atoms with Gasteiger partial charge < -0.3 is 9.47 Å². The van der Waals surface area contributed by atoms with E-state index in [0.717, 1.165) is 11.6 Å². The molecule has 168 valence electrons. The molecule has 0 aromatic heterocycles. The Morgan fingerprint density at radius 2 is 1.88 bits per heavy atom. The van der Waals surface area contributed by atoms with Crippen LogP contribution in [0.5, 0.6) is 0 Å². The topological polar surface area (TPSA) is 120 Å². The third-order valence-electron chi connectivity index (χ3n) is 5.93. The Labute approximate surface area is 184 Å². The molecule has 4 rings (SSSR count). The average molecular weight is 440 g/mol. The summed E-state index contributed by atoms with van der Waals surface area (Å²) in [6.45, 7) is 6.13. The second-order valence-corrected chi connectivity index (χ2v) is 8.32. The van der Waals surface area contributed by atoms with Crippen molar-refractivity contribution in [3.63, 3.8) is 0 Å². The third kappa shape index (κ3) is 3.82. The lowest BCUT2D eigenvalue weighted by molar-refractivity contribution is -0.393. The van der Waals surface area contributed by atoms with Gasteiger partial charge >= 0.3 is 5.69 Å². The number of nitro benzene ring substituents is 2. The standard InChI is InChI=1S/C22H24N4O6/c1-4-31-22(3)14-20-21(2,32-22)13-17(15-8-6-5-7-9-15)23-24(20)18-11-10-16(25(27)28)12-19(18)26(29)30/h5-12,20H,4,13-14H2,1-3H3/t20-,21-,22+/m1/s1. The molecule has 2 heterocycles. The van der Waals surface area contributed by atoms with E-state index in [2.05, 4.69) is 0 Å². The third-order valence-corrected chi connectivity index (χ3v) is 5.93. The number of hydrogen-bond donors (Lipinski definition) is 0. The van der Waals surface area contributed by atoms with E-state index in [9.17, 15) is 20.2 Å². The van der Waals surface area contributed by atoms with Gasteiger partial charge in [-0.15, -0.1) is 0 Å². The number of anilines is 1. The highest BCUT2D eigenvalue weighted by Gasteiger charge is 2.57. The number of benzene rings is 2. The lowest BCUT2D eigenvalue weighted by atomic mass is 9.85. The zero-order chi connectivity index (χ0) is 23.1. The SMILES string of the molecule is CCO[C@]1(C)C[C@H]2N(c3ccc([N+](=O)[O-])cc3[N+](=O)[O-])N=C(c3ccccc3)C[C@@]2(C)O1. The van der Waals surface area contributed by atoms with Gasteiger partial charge in [0.15, 0.2) is 5.79 Å². The second-order valence-electron chi connectivity index (χ2n) is 8.32. The number of nitrogens with zero attached hydrogens (tertiary/aromatic N) is 4. The maximum atomic E-state index is 11.8. The van der Waals surface area contributed by atoms with E-state index in [4.69, 9.17) is 14.6 Å². The first kappa shape index (κ1) is 21.8. The molecular weight excluding hydrogens is 416 g/mol. The van der Waals surface area contributed by atoms with Gasteiger partial charge in [0.2, 0.25) is 0 Å². The van der Waals surface area contributed by atoms with Crippen LogP contribution in [-0.4, -0.2) is 39.6 Å². The first-order valence-corrected chi connectivity index (χ1v) is 10.3. The number of fused-ring (bicyclic) bond motifs is 1. The van der Waals surface area contributed by atoms with Crippen molar-refractivity contribution in [2.75, 3.05) is 11.6 Å². The van der Waals surface area contributed by atoms with Crippen LogP contribution >= 0.6 is 0 Å². The van der Waals surface area contributed by atoms with Crippen molar-refractivity contribution in [1.29, 1.82) is 0 Å². The molecule has 32 heavy (non-hydrogen) atoms. The van der Waals surface area contributed by atoms with E-state index in [0.29, 0.717) is 25.2 Å². The Morgan fingerprint density at radius 1 is 1.16 bits per heavy atom. The molecule has 10 heteroatoms. The minimum absolute atomic E-state index is 0.175. The summed E-state index contributed by atoms with van der Waals surface area (Å²) in [7, 11) is 0. The molecule has 2 aliphatic rings. The highest BCUT2D eigenvalue weighted by atomic mass is 16.7. The highest BCUT2D eigenvalue weighted by Crippen LogP contribution is 2.49. The normalized spacial score (nSPS) is 27.0. The summed E-state index contributed by atoms with van der Waals surface area (Å²) in [6.07, 6.45) is 0.915. The zero-order valence-corrected chi connectivity index (χ0v) is 18.1. The fourth-order valence-corrected chi connectivity index (χ4v) is 4.61. The van der Waals surface area contributed by atoms with Crippen molar-refractivity contribution >= 4 is 22.8 Å². The van der Waals surface area contributed by atoms with E-state index in [1.54, 1.807) is 5.01 Å². The molecule has 0 N–H and O–H groups in total. The summed E-state index contributed by atoms with van der Waals surface area (Å²) >= 11 is 0. The van der Waals surface area contributed by atoms with Gasteiger partial charge in [0.25, 0.3) is 5.69 Å². The van der Waals surface area contributed by atoms with Gasteiger partial charge in [0.05, 0.1) is 33.3 Å². The molecule has 2 aromatic rings. The lowest BCUT2D eigenvalue weighted by Crippen LogP contribution is -2.51. The maximum Gasteiger partial charge on any atom is 0.301 e. The van der Waals surface area contributed by atoms with Gasteiger partial charge in [-0.05, 0) is 32.4 Å². The smallest absolute Gasteiger partial charge is 0.301 e. The Kier molecular flexibility index (Phi) is 5.43. The van der Waals surface area contributed by atoms with Crippen LogP contribution in [0.25, 0.3) is 0 Å². The van der Waals surface area contributed by atoms with Crippen molar-refractivity contribution in [1.82, 2.24) is 0 Å². The fourth-order valence-electron chi connectivity index (χ4n) is 4.61. The van der Waals surface area contributed by atoms with Crippen LogP contribution < -0.4 is 5.01 Å². The van der Waals surface area contributed by atoms with Gasteiger partial charge in [-0.2, -0.15) is 5.10 Å². The second kappa shape index (κ2) is 7.95. The number of hydrogen-bond acceptors (Lipinski definition) is 8. The number of non-ortho nitro benzene ring substituents is 1. The van der Waals surface area contributed by atoms with Crippen molar-refractivity contribution < 1.29 is 19.3 Å². The van der Waals surface area contributed by atoms with Crippen LogP contribution in [0.4, 0.5) is 17.1 Å². The van der Waals surface area contributed by atoms with Gasteiger partial charge in [-0.1, -0.05) is 30.3 Å². The van der Waals surface area contributed by atoms with E-state index in [-0.39, 0.29) is 23.1 Å². The van der Waals surface area contributed by atoms with Crippen LogP contribution in [0.2, 0.25) is 0 Å². The Morgan fingerprint density at radius 3 is 2.50 bits per heavy atom. The molecule has 0 aliphatic carbocycles. The highest BCUT2D eigenvalue weighted by molar-refractivity contribution is 6.02. The Hall–Kier alpha value is -3.37. The molecule has 0 spiro atoms. The molecule has 1 saturated heterocycles. The summed E-state index contributed by atoms with van der Waals surface area (Å²) < 4.78 is 12.3. The summed E-state index contributed by atoms with van der Waals surface area (Å²) in [5, 5.41) is 29.4. The van der Waals surface area contributed by atoms with Crippen molar-refractivity contribution in [2.24, 2.45) is 5.10 Å². The van der Waals surface area contributed by atoms with Crippen molar-refractivity contribution in [3.05, 3.63) is 74.3 Å². The van der Waals surface area contributed by atoms with Gasteiger partial charge in [-0.3, -0.25) is 25.2 Å². The van der Waals surface area contributed by atoms with Crippen LogP contribution in [0.3, 0.4) is 0 Å². The Bertz CT molecular complexity index is 1090. The molecular formula is C22H24N4O6. The Balaban J connectivity index is 1.87. The molecule has 0 amide bonds. The molecule has 2 aromatic carbocycles. The largest absolute Gasteiger partial charge is 0.350 e. The van der Waals surface area contributed by atoms with Crippen molar-refractivity contribution in [2.45, 2.75) is 51.0 Å². The first-order valence-electron chi connectivity index (χ1n) is 10.3. The van der Waals surface area contributed by atoms with E-state index in [1.165, 1.54) is 12.1 Å². The molecule has 0 radical (unpaired) electrons. The summed E-state index contributed by atoms with van der Waals surface area (Å²) in [5.41, 5.74) is 0.272. The minimum atomic E-state index is -0.885. The van der Waals surface area contributed by atoms with E-state index in [1.807, 2.05) is 51.1 Å². The van der Waals surface area contributed by atoms with Crippen LogP contribution in [0.1, 0.15) is 39.2 Å². The molecule has 3 atom stereocenters. The quantitative estimate of drug-likeness (QED) is 0.481. The monoisotopic (exact) mass is 440 g/mol. The van der Waals surface area contributed by atoms with Gasteiger partial charge in [-0.25, -0.2) is 0 Å². The molecule has 2 aliphatic heterocycles. The average Bonchev–Trinajstić information content (AvgIpc) is 3.03. The molecule has 10 nitrogen and oxygen atoms in total. The van der Waals surface area contributed by atoms with Crippen LogP contribution in [0.15, 0.2) is 53.6 Å². The molecule has 0 saturated carbocycles. The predicted molar refractivity (Wildman–Crippen MR) is 118 cm³/mol. The van der Waals surface area contributed by atoms with E-state index >= 15 is 0 Å². The maximum absolute atomic E-state index is 11.8. The first-order chi connectivity index (χ1) is 15.2. The number of rotatable bonds is 6. The number of nitro groups is 2. The lowest BCUT2D eigenvalue weighted by Gasteiger charge is -2.41. The number of ether oxygens (including phenoxy) is 2. The fraction of sp³-hybridized carbons (Fsp3) is 0.409. The zero-order valence-electron chi connectivity index (χ0n) is 18.1. The number of hydrazone groups is 1. The van der Waals surface area contributed by atoms with Crippen LogP contribution in [0, 0.1) is 20.2 Å².